The maximum atomic E-state index is 12.1. The minimum atomic E-state index is -2.04. The monoisotopic (exact) mass is 262 g/mol. The normalized spacial score (nSPS) is 12.1. The van der Waals surface area contributed by atoms with E-state index in [1.807, 2.05) is 12.1 Å². The predicted octanol–water partition coefficient (Wildman–Crippen LogP) is 4.49. The number of hydrogen-bond donors (Lipinski definition) is 0. The van der Waals surface area contributed by atoms with Crippen LogP contribution in [0.4, 0.5) is 0 Å². The van der Waals surface area contributed by atoms with Gasteiger partial charge in [0.2, 0.25) is 0 Å². The van der Waals surface area contributed by atoms with Gasteiger partial charge < -0.3 is 4.43 Å². The summed E-state index contributed by atoms with van der Waals surface area (Å²) >= 11 is 0. The lowest BCUT2D eigenvalue weighted by Gasteiger charge is -2.35. The van der Waals surface area contributed by atoms with Crippen molar-refractivity contribution in [2.45, 2.75) is 38.9 Å². The Morgan fingerprint density at radius 2 is 1.72 bits per heavy atom. The number of rotatable bonds is 3. The van der Waals surface area contributed by atoms with Gasteiger partial charge in [0.05, 0.1) is 5.56 Å². The molecule has 3 heteroatoms. The third kappa shape index (κ3) is 3.32. The summed E-state index contributed by atoms with van der Waals surface area (Å²) in [5, 5.41) is 0.0315. The van der Waals surface area contributed by atoms with E-state index in [2.05, 4.69) is 40.4 Å². The molecular weight excluding hydrogens is 240 g/mol. The number of carbonyl (C=O) groups excluding carboxylic acids is 1. The van der Waals surface area contributed by atoms with Gasteiger partial charge in [-0.1, -0.05) is 45.6 Å². The Kier molecular flexibility index (Phi) is 4.17. The van der Waals surface area contributed by atoms with E-state index in [-0.39, 0.29) is 11.0 Å². The molecule has 0 saturated heterocycles. The lowest BCUT2D eigenvalue weighted by atomic mass is 10.1. The van der Waals surface area contributed by atoms with Crippen LogP contribution in [0, 0.1) is 0 Å². The van der Waals surface area contributed by atoms with E-state index in [0.29, 0.717) is 5.56 Å². The van der Waals surface area contributed by atoms with Crippen molar-refractivity contribution in [1.82, 2.24) is 0 Å². The maximum Gasteiger partial charge on any atom is 0.324 e. The minimum absolute atomic E-state index is 0.0315. The van der Waals surface area contributed by atoms with Crippen molar-refractivity contribution in [3.63, 3.8) is 0 Å². The van der Waals surface area contributed by atoms with Gasteiger partial charge in [0.1, 0.15) is 0 Å². The van der Waals surface area contributed by atoms with Crippen LogP contribution in [-0.4, -0.2) is 14.3 Å². The van der Waals surface area contributed by atoms with Crippen LogP contribution in [0.25, 0.3) is 6.08 Å². The first-order valence-corrected chi connectivity index (χ1v) is 9.04. The molecule has 0 aliphatic rings. The van der Waals surface area contributed by atoms with E-state index in [4.69, 9.17) is 4.43 Å². The van der Waals surface area contributed by atoms with Gasteiger partial charge in [-0.3, -0.25) is 0 Å². The van der Waals surface area contributed by atoms with Crippen LogP contribution in [-0.2, 0) is 4.43 Å². The van der Waals surface area contributed by atoms with Crippen molar-refractivity contribution < 1.29 is 9.22 Å². The molecule has 0 atom stereocenters. The number of hydrogen-bond acceptors (Lipinski definition) is 2. The first-order chi connectivity index (χ1) is 8.17. The molecule has 0 spiro atoms. The Hall–Kier alpha value is -1.35. The molecule has 0 heterocycles. The molecule has 0 aliphatic heterocycles. The molecule has 1 aromatic rings. The van der Waals surface area contributed by atoms with E-state index in [9.17, 15) is 4.79 Å². The van der Waals surface area contributed by atoms with E-state index in [1.165, 1.54) is 0 Å². The van der Waals surface area contributed by atoms with Crippen molar-refractivity contribution >= 4 is 20.4 Å². The molecule has 2 nitrogen and oxygen atoms in total. The smallest absolute Gasteiger partial charge is 0.324 e. The molecule has 1 aromatic carbocycles. The van der Waals surface area contributed by atoms with Crippen molar-refractivity contribution in [2.75, 3.05) is 0 Å². The molecule has 0 saturated carbocycles. The molecule has 98 valence electrons. The molecule has 0 bridgehead atoms. The zero-order valence-electron chi connectivity index (χ0n) is 11.9. The molecule has 1 rings (SSSR count). The number of benzene rings is 1. The zero-order chi connectivity index (χ0) is 14.0. The van der Waals surface area contributed by atoms with Gasteiger partial charge in [0, 0.05) is 0 Å². The molecule has 0 unspecified atom stereocenters. The lowest BCUT2D eigenvalue weighted by molar-refractivity contribution is 0.0712. The van der Waals surface area contributed by atoms with E-state index < -0.39 is 8.32 Å². The van der Waals surface area contributed by atoms with Crippen molar-refractivity contribution in [3.8, 4) is 0 Å². The maximum absolute atomic E-state index is 12.1. The van der Waals surface area contributed by atoms with Crippen LogP contribution < -0.4 is 0 Å². The van der Waals surface area contributed by atoms with Crippen LogP contribution in [0.1, 0.15) is 36.7 Å². The average Bonchev–Trinajstić information content (AvgIpc) is 2.27. The quantitative estimate of drug-likeness (QED) is 0.750. The summed E-state index contributed by atoms with van der Waals surface area (Å²) in [6.07, 6.45) is 1.75. The average molecular weight is 262 g/mol. The molecule has 0 N–H and O–H groups in total. The summed E-state index contributed by atoms with van der Waals surface area (Å²) in [4.78, 5) is 12.1. The van der Waals surface area contributed by atoms with Crippen LogP contribution >= 0.6 is 0 Å². The van der Waals surface area contributed by atoms with Gasteiger partial charge in [-0.15, -0.1) is 0 Å². The lowest BCUT2D eigenvalue weighted by Crippen LogP contribution is -2.42. The van der Waals surface area contributed by atoms with Crippen LogP contribution in [0.15, 0.2) is 30.8 Å². The zero-order valence-corrected chi connectivity index (χ0v) is 12.9. The Bertz CT molecular complexity index is 439. The third-order valence-electron chi connectivity index (χ3n) is 3.54. The molecule has 0 aliphatic carbocycles. The molecule has 0 amide bonds. The van der Waals surface area contributed by atoms with Gasteiger partial charge in [0.15, 0.2) is 0 Å². The van der Waals surface area contributed by atoms with Gasteiger partial charge in [-0.25, -0.2) is 4.79 Å². The van der Waals surface area contributed by atoms with Crippen LogP contribution in [0.2, 0.25) is 18.1 Å². The van der Waals surface area contributed by atoms with Crippen molar-refractivity contribution in [1.29, 1.82) is 0 Å². The van der Waals surface area contributed by atoms with E-state index in [0.717, 1.165) is 5.56 Å². The Morgan fingerprint density at radius 3 is 2.11 bits per heavy atom. The fourth-order valence-electron chi connectivity index (χ4n) is 1.20. The van der Waals surface area contributed by atoms with Gasteiger partial charge in [-0.05, 0) is 35.8 Å². The highest BCUT2D eigenvalue weighted by Gasteiger charge is 2.40. The first-order valence-electron chi connectivity index (χ1n) is 6.13. The van der Waals surface area contributed by atoms with Gasteiger partial charge in [0.25, 0.3) is 8.32 Å². The topological polar surface area (TPSA) is 26.3 Å². The molecule has 0 fully saturated rings. The van der Waals surface area contributed by atoms with Gasteiger partial charge in [-0.2, -0.15) is 0 Å². The molecular formula is C15H22O2Si. The summed E-state index contributed by atoms with van der Waals surface area (Å²) in [5.41, 5.74) is 1.60. The summed E-state index contributed by atoms with van der Waals surface area (Å²) in [6.45, 7) is 14.2. The standard InChI is InChI=1S/C15H22O2Si/c1-7-12-8-10-13(11-9-12)14(16)17-18(5,6)15(2,3)4/h7-11H,1H2,2-6H3. The SMILES string of the molecule is C=Cc1ccc(C(=O)O[Si](C)(C)C(C)(C)C)cc1. The number of carbonyl (C=O) groups is 1. The summed E-state index contributed by atoms with van der Waals surface area (Å²) in [7, 11) is -2.04. The second kappa shape index (κ2) is 5.10. The molecule has 0 aromatic heterocycles. The Balaban J connectivity index is 2.85. The van der Waals surface area contributed by atoms with E-state index in [1.54, 1.807) is 18.2 Å². The third-order valence-corrected chi connectivity index (χ3v) is 7.84. The predicted molar refractivity (Wildman–Crippen MR) is 79.1 cm³/mol. The van der Waals surface area contributed by atoms with Gasteiger partial charge >= 0.3 is 5.97 Å². The van der Waals surface area contributed by atoms with Crippen LogP contribution in [0.3, 0.4) is 0 Å². The summed E-state index contributed by atoms with van der Waals surface area (Å²) in [6, 6.07) is 7.31. The Morgan fingerprint density at radius 1 is 1.22 bits per heavy atom. The van der Waals surface area contributed by atoms with Crippen LogP contribution in [0.5, 0.6) is 0 Å². The largest absolute Gasteiger partial charge is 0.516 e. The van der Waals surface area contributed by atoms with Crippen molar-refractivity contribution in [3.05, 3.63) is 42.0 Å². The highest BCUT2D eigenvalue weighted by atomic mass is 28.4. The summed E-state index contributed by atoms with van der Waals surface area (Å²) in [5.74, 6) is -0.225. The molecule has 18 heavy (non-hydrogen) atoms. The highest BCUT2D eigenvalue weighted by molar-refractivity contribution is 6.75. The first kappa shape index (κ1) is 14.7. The highest BCUT2D eigenvalue weighted by Crippen LogP contribution is 2.37. The summed E-state index contributed by atoms with van der Waals surface area (Å²) < 4.78 is 5.74. The van der Waals surface area contributed by atoms with E-state index >= 15 is 0 Å². The van der Waals surface area contributed by atoms with Crippen molar-refractivity contribution in [2.24, 2.45) is 0 Å². The fraction of sp³-hybridized carbons (Fsp3) is 0.400. The minimum Gasteiger partial charge on any atom is -0.516 e. The fourth-order valence-corrected chi connectivity index (χ4v) is 2.09. The second-order valence-electron chi connectivity index (χ2n) is 5.98. The second-order valence-corrected chi connectivity index (χ2v) is 10.7. The Labute approximate surface area is 111 Å². The molecule has 0 radical (unpaired) electrons.